The van der Waals surface area contributed by atoms with Crippen molar-refractivity contribution in [3.8, 4) is 86.1 Å². The molecular formula is C91H93N21O7. The van der Waals surface area contributed by atoms with E-state index in [0.29, 0.717) is 186 Å². The normalized spacial score (nSPS) is 15.9. The smallest absolute Gasteiger partial charge is 0.246 e. The van der Waals surface area contributed by atoms with Crippen LogP contribution >= 0.6 is 0 Å². The number of ether oxygens (including phenoxy) is 4. The Kier molecular flexibility index (Phi) is 25.8. The molecule has 1 aliphatic carbocycles. The number of methoxy groups -OCH3 is 1. The number of carbonyl (C=O) groups is 3. The topological polar surface area (TPSA) is 349 Å². The van der Waals surface area contributed by atoms with Crippen LogP contribution in [0.2, 0.25) is 0 Å². The van der Waals surface area contributed by atoms with Crippen LogP contribution < -0.4 is 31.4 Å². The summed E-state index contributed by atoms with van der Waals surface area (Å²) in [6.45, 7) is 6.77. The van der Waals surface area contributed by atoms with Gasteiger partial charge in [0.05, 0.1) is 40.9 Å². The lowest BCUT2D eigenvalue weighted by Gasteiger charge is -2.17. The second-order valence-electron chi connectivity index (χ2n) is 29.9. The Labute approximate surface area is 690 Å². The van der Waals surface area contributed by atoms with E-state index in [2.05, 4.69) is 65.0 Å². The third kappa shape index (κ3) is 18.8. The number of para-hydroxylation sites is 3. The Morgan fingerprint density at radius 2 is 0.739 bits per heavy atom. The van der Waals surface area contributed by atoms with Crippen molar-refractivity contribution in [2.24, 2.45) is 0 Å². The monoisotopic (exact) mass is 1590 g/mol. The highest BCUT2D eigenvalue weighted by molar-refractivity contribution is 6.06. The first-order chi connectivity index (χ1) is 58.0. The van der Waals surface area contributed by atoms with Crippen LogP contribution in [0.3, 0.4) is 0 Å². The van der Waals surface area contributed by atoms with Crippen LogP contribution in [-0.2, 0) is 19.1 Å². The molecule has 119 heavy (non-hydrogen) atoms. The van der Waals surface area contributed by atoms with Gasteiger partial charge in [0.2, 0.25) is 17.7 Å². The van der Waals surface area contributed by atoms with Crippen molar-refractivity contribution < 1.29 is 33.3 Å². The van der Waals surface area contributed by atoms with Gasteiger partial charge in [-0.05, 0) is 150 Å². The number of rotatable bonds is 25. The van der Waals surface area contributed by atoms with Crippen molar-refractivity contribution in [2.45, 2.75) is 56.3 Å². The van der Waals surface area contributed by atoms with Crippen LogP contribution in [0.1, 0.15) is 67.3 Å². The molecule has 3 aliphatic heterocycles. The van der Waals surface area contributed by atoms with Gasteiger partial charge in [-0.2, -0.15) is 15.8 Å². The molecule has 1 saturated carbocycles. The third-order valence-corrected chi connectivity index (χ3v) is 21.6. The number of carbonyl (C=O) groups excluding carboxylic acids is 3. The fraction of sp³-hybridized carbons (Fsp3) is 0.275. The number of nitrogens with zero attached hydrogens (tertiary/aromatic N) is 18. The molecule has 0 unspecified atom stereocenters. The molecule has 6 N–H and O–H groups in total. The number of hydrogen-bond acceptors (Lipinski definition) is 22. The number of likely N-dealkylation sites (N-methyl/N-ethyl adjacent to an activating group) is 3. The van der Waals surface area contributed by atoms with E-state index >= 15 is 0 Å². The summed E-state index contributed by atoms with van der Waals surface area (Å²) in [6.07, 6.45) is 19.4. The van der Waals surface area contributed by atoms with Crippen LogP contribution in [0.15, 0.2) is 219 Å². The highest BCUT2D eigenvalue weighted by Crippen LogP contribution is 2.45. The molecule has 3 amide bonds. The SMILES string of the molecule is CN(C)C/C=C/C(=O)N1CC[C@@H](n2c(C#N)c(-c3ccc(Oc4ccccc4)cc3)c3c(N)ncnc32)C1.CN(C/C=C/C(=O)N1CC[C@@H](n2c(C#N)c(-c3ccc(Oc4ccccc4)cc3)c3c(N)ncnc32)C1)C1CC1.COCCN(C)C/C=C/C(=O)N1CC[C@@H](n2c(C#N)c(-c3ccc(Oc4ccccc4)cc3)c3c(N)ncnc32)C1. The molecule has 0 radical (unpaired) electrons. The number of benzene rings is 6. The summed E-state index contributed by atoms with van der Waals surface area (Å²) < 4.78 is 28.7. The maximum atomic E-state index is 12.9. The first kappa shape index (κ1) is 81.5. The second kappa shape index (κ2) is 37.7. The van der Waals surface area contributed by atoms with Gasteiger partial charge in [0.25, 0.3) is 0 Å². The van der Waals surface area contributed by atoms with Crippen LogP contribution in [-0.4, -0.2) is 204 Å². The average molecular weight is 1590 g/mol. The number of nitriles is 3. The molecule has 604 valence electrons. The average Bonchev–Trinajstić information content (AvgIpc) is 1.60. The maximum absolute atomic E-state index is 12.9. The Hall–Kier alpha value is -14.1. The van der Waals surface area contributed by atoms with Gasteiger partial charge in [-0.1, -0.05) is 109 Å². The van der Waals surface area contributed by atoms with Crippen molar-refractivity contribution >= 4 is 68.3 Å². The molecule has 12 aromatic rings. The van der Waals surface area contributed by atoms with Crippen molar-refractivity contribution in [1.82, 2.24) is 73.0 Å². The Bertz CT molecular complexity index is 5830. The van der Waals surface area contributed by atoms with Gasteiger partial charge in [0.15, 0.2) is 0 Å². The number of nitrogens with two attached hydrogens (primary N) is 3. The zero-order chi connectivity index (χ0) is 83.1. The summed E-state index contributed by atoms with van der Waals surface area (Å²) in [6, 6.07) is 58.8. The van der Waals surface area contributed by atoms with Gasteiger partial charge in [0, 0.05) is 114 Å². The third-order valence-electron chi connectivity index (χ3n) is 21.6. The van der Waals surface area contributed by atoms with Crippen molar-refractivity contribution in [1.29, 1.82) is 15.8 Å². The van der Waals surface area contributed by atoms with E-state index < -0.39 is 0 Å². The van der Waals surface area contributed by atoms with E-state index in [-0.39, 0.29) is 35.8 Å². The molecule has 3 saturated heterocycles. The van der Waals surface area contributed by atoms with Gasteiger partial charge in [-0.3, -0.25) is 19.3 Å². The first-order valence-electron chi connectivity index (χ1n) is 39.5. The number of nitrogen functional groups attached to an aromatic ring is 3. The molecular weight excluding hydrogens is 1500 g/mol. The Morgan fingerprint density at radius 3 is 1.04 bits per heavy atom. The summed E-state index contributed by atoms with van der Waals surface area (Å²) in [5, 5.41) is 33.0. The fourth-order valence-electron chi connectivity index (χ4n) is 15.4. The highest BCUT2D eigenvalue weighted by Gasteiger charge is 2.37. The number of amides is 3. The fourth-order valence-corrected chi connectivity index (χ4v) is 15.4. The van der Waals surface area contributed by atoms with Crippen molar-refractivity contribution in [3.05, 3.63) is 236 Å². The van der Waals surface area contributed by atoms with E-state index in [9.17, 15) is 30.2 Å². The minimum absolute atomic E-state index is 0.00923. The maximum Gasteiger partial charge on any atom is 0.246 e. The molecule has 28 heteroatoms. The molecule has 0 spiro atoms. The van der Waals surface area contributed by atoms with Gasteiger partial charge in [0.1, 0.15) is 123 Å². The molecule has 28 nitrogen and oxygen atoms in total. The molecule has 6 aromatic carbocycles. The summed E-state index contributed by atoms with van der Waals surface area (Å²) in [5.74, 6) is 5.09. The lowest BCUT2D eigenvalue weighted by atomic mass is 10.0. The van der Waals surface area contributed by atoms with E-state index in [1.54, 1.807) is 25.3 Å². The number of hydrogen-bond donors (Lipinski definition) is 3. The quantitative estimate of drug-likeness (QED) is 0.0447. The van der Waals surface area contributed by atoms with E-state index in [0.717, 1.165) is 47.0 Å². The molecule has 6 aromatic heterocycles. The van der Waals surface area contributed by atoms with Crippen LogP contribution in [0.4, 0.5) is 17.5 Å². The van der Waals surface area contributed by atoms with Crippen LogP contribution in [0.5, 0.6) is 34.5 Å². The molecule has 16 rings (SSSR count). The molecule has 4 fully saturated rings. The summed E-state index contributed by atoms with van der Waals surface area (Å²) >= 11 is 0. The van der Waals surface area contributed by atoms with Gasteiger partial charge < -0.3 is 74.3 Å². The molecule has 9 heterocycles. The molecule has 0 bridgehead atoms. The Morgan fingerprint density at radius 1 is 0.429 bits per heavy atom. The number of anilines is 3. The van der Waals surface area contributed by atoms with E-state index in [1.165, 1.54) is 31.8 Å². The van der Waals surface area contributed by atoms with Gasteiger partial charge >= 0.3 is 0 Å². The minimum Gasteiger partial charge on any atom is -0.457 e. The standard InChI is InChI=1S/C31H33N7O3.C31H31N7O2.C29H29N7O2/c1-36(17-18-40-2)15-6-9-27(39)37-16-14-23(20-37)38-26(19-32)28(29-30(33)34-21-35-31(29)38)22-10-12-25(13-11-22)41-24-7-4-3-5-8-24;1-36(22-11-12-22)16-5-8-27(39)37-17-15-23(19-37)38-26(18-32)28(29-30(33)34-20-35-31(29)38)21-9-13-25(14-10-21)40-24-6-3-2-4-7-24;1-34(2)15-6-9-25(37)35-16-14-21(18-35)36-24(17-30)26(27-28(31)32-19-33-29(27)36)20-10-12-23(13-11-20)38-22-7-4-3-5-8-22/h3-13,21,23H,14-18,20H2,1-2H3,(H2,33,34,35);2-10,13-14,20,22-23H,11-12,15-17,19H2,1H3,(H2,33,34,35);3-13,19,21H,14-16,18H2,1-2H3,(H2,31,32,33)/b9-6+;8-5+;9-6+/t2*23-;21-/m111/s1. The second-order valence-corrected chi connectivity index (χ2v) is 29.9. The number of fused-ring (bicyclic) bond motifs is 3. The van der Waals surface area contributed by atoms with Crippen molar-refractivity contribution in [2.75, 3.05) is 125 Å². The predicted octanol–water partition coefficient (Wildman–Crippen LogP) is 13.3. The lowest BCUT2D eigenvalue weighted by Crippen LogP contribution is -2.28. The molecule has 3 atom stereocenters. The molecule has 4 aliphatic rings. The summed E-state index contributed by atoms with van der Waals surface area (Å²) in [7, 11) is 9.65. The zero-order valence-corrected chi connectivity index (χ0v) is 67.0. The Balaban J connectivity index is 0.000000147. The number of likely N-dealkylation sites (tertiary alicyclic amines) is 3. The first-order valence-corrected chi connectivity index (χ1v) is 39.5. The largest absolute Gasteiger partial charge is 0.457 e. The van der Waals surface area contributed by atoms with Crippen LogP contribution in [0, 0.1) is 34.0 Å². The van der Waals surface area contributed by atoms with Gasteiger partial charge in [-0.15, -0.1) is 0 Å². The summed E-state index contributed by atoms with van der Waals surface area (Å²) in [5.41, 5.74) is 26.7. The minimum atomic E-state index is -0.127. The highest BCUT2D eigenvalue weighted by atomic mass is 16.5. The lowest BCUT2D eigenvalue weighted by molar-refractivity contribution is -0.125. The van der Waals surface area contributed by atoms with E-state index in [4.69, 9.17) is 36.1 Å². The predicted molar refractivity (Wildman–Crippen MR) is 458 cm³/mol. The summed E-state index contributed by atoms with van der Waals surface area (Å²) in [4.78, 5) is 76.7. The van der Waals surface area contributed by atoms with E-state index in [1.807, 2.05) is 236 Å². The van der Waals surface area contributed by atoms with Crippen molar-refractivity contribution in [3.63, 3.8) is 0 Å². The van der Waals surface area contributed by atoms with Crippen LogP contribution in [0.25, 0.3) is 66.5 Å². The van der Waals surface area contributed by atoms with Gasteiger partial charge in [-0.25, -0.2) is 29.9 Å². The zero-order valence-electron chi connectivity index (χ0n) is 67.0. The number of aromatic nitrogens is 9.